The molecule has 0 fully saturated rings. The zero-order valence-corrected chi connectivity index (χ0v) is 9.95. The van der Waals surface area contributed by atoms with Crippen molar-refractivity contribution in [2.75, 3.05) is 7.05 Å². The van der Waals surface area contributed by atoms with Gasteiger partial charge in [0.1, 0.15) is 5.65 Å². The Bertz CT molecular complexity index is 520. The first kappa shape index (κ1) is 11.6. The maximum atomic E-state index is 11.3. The number of rotatable bonds is 4. The van der Waals surface area contributed by atoms with E-state index in [0.29, 0.717) is 6.54 Å². The predicted molar refractivity (Wildman–Crippen MR) is 66.5 cm³/mol. The number of nitrogens with one attached hydrogen (secondary N) is 3. The number of H-pyrrole nitrogens is 1. The minimum atomic E-state index is -0.207. The molecule has 3 N–H and O–H groups in total. The van der Waals surface area contributed by atoms with Crippen LogP contribution in [0.2, 0.25) is 0 Å². The van der Waals surface area contributed by atoms with Gasteiger partial charge in [0.2, 0.25) is 5.91 Å². The van der Waals surface area contributed by atoms with Gasteiger partial charge in [-0.3, -0.25) is 4.79 Å². The summed E-state index contributed by atoms with van der Waals surface area (Å²) in [6.45, 7) is 2.48. The van der Waals surface area contributed by atoms with Crippen LogP contribution in [-0.4, -0.2) is 29.0 Å². The van der Waals surface area contributed by atoms with E-state index in [1.165, 1.54) is 0 Å². The molecule has 2 aromatic heterocycles. The molecule has 0 aliphatic rings. The number of hydrogen-bond donors (Lipinski definition) is 3. The summed E-state index contributed by atoms with van der Waals surface area (Å²) in [5.41, 5.74) is 1.99. The summed E-state index contributed by atoms with van der Waals surface area (Å²) in [5, 5.41) is 6.87. The molecule has 0 radical (unpaired) electrons. The Morgan fingerprint density at radius 1 is 1.59 bits per heavy atom. The molecule has 90 valence electrons. The van der Waals surface area contributed by atoms with Crippen LogP contribution in [0.15, 0.2) is 24.5 Å². The van der Waals surface area contributed by atoms with Gasteiger partial charge in [-0.2, -0.15) is 0 Å². The molecule has 1 amide bonds. The molecular weight excluding hydrogens is 216 g/mol. The minimum absolute atomic E-state index is 0.0111. The summed E-state index contributed by atoms with van der Waals surface area (Å²) in [6, 6.07) is 3.71. The van der Waals surface area contributed by atoms with Crippen LogP contribution in [0.3, 0.4) is 0 Å². The first-order chi connectivity index (χ1) is 8.22. The van der Waals surface area contributed by atoms with Crippen LogP contribution in [0.1, 0.15) is 12.5 Å². The van der Waals surface area contributed by atoms with Gasteiger partial charge < -0.3 is 15.6 Å². The second-order valence-electron chi connectivity index (χ2n) is 3.93. The van der Waals surface area contributed by atoms with Crippen molar-refractivity contribution in [3.8, 4) is 0 Å². The smallest absolute Gasteiger partial charge is 0.236 e. The van der Waals surface area contributed by atoms with Gasteiger partial charge in [-0.15, -0.1) is 0 Å². The molecule has 0 aliphatic carbocycles. The van der Waals surface area contributed by atoms with E-state index in [9.17, 15) is 4.79 Å². The number of pyridine rings is 1. The van der Waals surface area contributed by atoms with Gasteiger partial charge in [0, 0.05) is 31.4 Å². The van der Waals surface area contributed by atoms with Gasteiger partial charge in [-0.05, 0) is 24.6 Å². The van der Waals surface area contributed by atoms with Crippen LogP contribution in [0.4, 0.5) is 0 Å². The summed E-state index contributed by atoms with van der Waals surface area (Å²) in [6.07, 6.45) is 3.67. The molecule has 5 nitrogen and oxygen atoms in total. The molecule has 1 atom stereocenters. The van der Waals surface area contributed by atoms with Crippen LogP contribution in [0, 0.1) is 0 Å². The summed E-state index contributed by atoms with van der Waals surface area (Å²) < 4.78 is 0. The van der Waals surface area contributed by atoms with Crippen molar-refractivity contribution in [1.82, 2.24) is 20.6 Å². The van der Waals surface area contributed by atoms with Crippen molar-refractivity contribution < 1.29 is 4.79 Å². The molecule has 2 aromatic rings. The summed E-state index contributed by atoms with van der Waals surface area (Å²) in [5.74, 6) is -0.0111. The maximum absolute atomic E-state index is 11.3. The highest BCUT2D eigenvalue weighted by atomic mass is 16.2. The normalized spacial score (nSPS) is 12.6. The lowest BCUT2D eigenvalue weighted by atomic mass is 10.2. The largest absolute Gasteiger partial charge is 0.358 e. The van der Waals surface area contributed by atoms with E-state index in [1.54, 1.807) is 13.2 Å². The highest BCUT2D eigenvalue weighted by molar-refractivity contribution is 5.81. The number of amides is 1. The molecule has 0 aromatic carbocycles. The van der Waals surface area contributed by atoms with E-state index in [-0.39, 0.29) is 11.9 Å². The van der Waals surface area contributed by atoms with Crippen LogP contribution in [0.5, 0.6) is 0 Å². The predicted octanol–water partition coefficient (Wildman–Crippen LogP) is 0.787. The van der Waals surface area contributed by atoms with Gasteiger partial charge >= 0.3 is 0 Å². The standard InChI is InChI=1S/C12H16N4O/c1-8(12(17)13-2)15-6-9-7-16-11-10(9)4-3-5-14-11/h3-5,7-8,15H,6H2,1-2H3,(H,13,17)(H,14,16). The Labute approximate surface area is 99.6 Å². The van der Waals surface area contributed by atoms with Crippen molar-refractivity contribution in [2.24, 2.45) is 0 Å². The highest BCUT2D eigenvalue weighted by Gasteiger charge is 2.11. The van der Waals surface area contributed by atoms with Gasteiger partial charge in [-0.1, -0.05) is 0 Å². The third kappa shape index (κ3) is 2.45. The zero-order valence-electron chi connectivity index (χ0n) is 9.95. The Kier molecular flexibility index (Phi) is 3.39. The zero-order chi connectivity index (χ0) is 12.3. The molecular formula is C12H16N4O. The monoisotopic (exact) mass is 232 g/mol. The van der Waals surface area contributed by atoms with E-state index >= 15 is 0 Å². The lowest BCUT2D eigenvalue weighted by Gasteiger charge is -2.11. The molecule has 0 saturated carbocycles. The number of nitrogens with zero attached hydrogens (tertiary/aromatic N) is 1. The van der Waals surface area contributed by atoms with Gasteiger partial charge in [0.15, 0.2) is 0 Å². The van der Waals surface area contributed by atoms with Crippen LogP contribution in [0.25, 0.3) is 11.0 Å². The fraction of sp³-hybridized carbons (Fsp3) is 0.333. The molecule has 0 aliphatic heterocycles. The first-order valence-electron chi connectivity index (χ1n) is 5.58. The average Bonchev–Trinajstić information content (AvgIpc) is 2.78. The van der Waals surface area contributed by atoms with Gasteiger partial charge in [0.25, 0.3) is 0 Å². The molecule has 5 heteroatoms. The van der Waals surface area contributed by atoms with Crippen molar-refractivity contribution in [3.05, 3.63) is 30.1 Å². The molecule has 2 rings (SSSR count). The first-order valence-corrected chi connectivity index (χ1v) is 5.58. The topological polar surface area (TPSA) is 69.8 Å². The Balaban J connectivity index is 2.07. The van der Waals surface area contributed by atoms with E-state index < -0.39 is 0 Å². The minimum Gasteiger partial charge on any atom is -0.358 e. The number of carbonyl (C=O) groups excluding carboxylic acids is 1. The summed E-state index contributed by atoms with van der Waals surface area (Å²) >= 11 is 0. The van der Waals surface area contributed by atoms with Crippen LogP contribution >= 0.6 is 0 Å². The van der Waals surface area contributed by atoms with Crippen LogP contribution in [-0.2, 0) is 11.3 Å². The number of carbonyl (C=O) groups is 1. The summed E-state index contributed by atoms with van der Waals surface area (Å²) in [4.78, 5) is 18.7. The fourth-order valence-corrected chi connectivity index (χ4v) is 1.73. The van der Waals surface area contributed by atoms with E-state index in [2.05, 4.69) is 20.6 Å². The van der Waals surface area contributed by atoms with Crippen molar-refractivity contribution in [3.63, 3.8) is 0 Å². The third-order valence-corrected chi connectivity index (χ3v) is 2.78. The second kappa shape index (κ2) is 4.97. The van der Waals surface area contributed by atoms with E-state index in [4.69, 9.17) is 0 Å². The number of hydrogen-bond acceptors (Lipinski definition) is 3. The molecule has 1 unspecified atom stereocenters. The maximum Gasteiger partial charge on any atom is 0.236 e. The average molecular weight is 232 g/mol. The molecule has 0 saturated heterocycles. The SMILES string of the molecule is CNC(=O)C(C)NCc1c[nH]c2ncccc12. The van der Waals surface area contributed by atoms with Crippen molar-refractivity contribution in [1.29, 1.82) is 0 Å². The number of aromatic amines is 1. The molecule has 0 bridgehead atoms. The van der Waals surface area contributed by atoms with Crippen molar-refractivity contribution in [2.45, 2.75) is 19.5 Å². The Morgan fingerprint density at radius 2 is 2.41 bits per heavy atom. The van der Waals surface area contributed by atoms with E-state index in [1.807, 2.05) is 25.3 Å². The highest BCUT2D eigenvalue weighted by Crippen LogP contribution is 2.15. The fourth-order valence-electron chi connectivity index (χ4n) is 1.73. The van der Waals surface area contributed by atoms with E-state index in [0.717, 1.165) is 16.6 Å². The summed E-state index contributed by atoms with van der Waals surface area (Å²) in [7, 11) is 1.64. The lowest BCUT2D eigenvalue weighted by Crippen LogP contribution is -2.40. The number of aromatic nitrogens is 2. The molecule has 2 heterocycles. The molecule has 0 spiro atoms. The lowest BCUT2D eigenvalue weighted by molar-refractivity contribution is -0.122. The Hall–Kier alpha value is -1.88. The van der Waals surface area contributed by atoms with Crippen molar-refractivity contribution >= 4 is 16.9 Å². The van der Waals surface area contributed by atoms with Crippen LogP contribution < -0.4 is 10.6 Å². The number of likely N-dealkylation sites (N-methyl/N-ethyl adjacent to an activating group) is 1. The second-order valence-corrected chi connectivity index (χ2v) is 3.93. The Morgan fingerprint density at radius 3 is 3.18 bits per heavy atom. The van der Waals surface area contributed by atoms with Gasteiger partial charge in [-0.25, -0.2) is 4.98 Å². The number of fused-ring (bicyclic) bond motifs is 1. The third-order valence-electron chi connectivity index (χ3n) is 2.78. The quantitative estimate of drug-likeness (QED) is 0.730. The van der Waals surface area contributed by atoms with Gasteiger partial charge in [0.05, 0.1) is 6.04 Å². The molecule has 17 heavy (non-hydrogen) atoms.